The first-order chi connectivity index (χ1) is 20.2. The molecule has 0 atom stereocenters. The molecule has 1 fully saturated rings. The summed E-state index contributed by atoms with van der Waals surface area (Å²) in [6, 6.07) is 19.7. The highest BCUT2D eigenvalue weighted by Crippen LogP contribution is 2.39. The zero-order valence-corrected chi connectivity index (χ0v) is 23.8. The van der Waals surface area contributed by atoms with Gasteiger partial charge in [0.15, 0.2) is 0 Å². The van der Waals surface area contributed by atoms with Crippen molar-refractivity contribution in [2.75, 3.05) is 57.5 Å². The number of esters is 1. The number of ether oxygens (including phenoxy) is 1. The average Bonchev–Trinajstić information content (AvgIpc) is 3.32. The standard InChI is InChI=1S/C32H33N5O5/c1-20-17-25-26(18-24(20)32(41)42-3)35-31(40)28(25)29(21-7-5-4-6-8-21)34-23-11-9-22(10-12-23)30(39)33-19-27(38)37-15-13-36(2)14-16-37/h4-12,17-18,34H,13-16,19H2,1-3H3,(H,33,39)(H,35,40). The predicted octanol–water partition coefficient (Wildman–Crippen LogP) is 3.22. The van der Waals surface area contributed by atoms with Crippen LogP contribution in [-0.2, 0) is 14.3 Å². The minimum atomic E-state index is -0.476. The van der Waals surface area contributed by atoms with Gasteiger partial charge < -0.3 is 30.5 Å². The Balaban J connectivity index is 1.37. The molecule has 3 amide bonds. The molecule has 0 bridgehead atoms. The number of anilines is 2. The van der Waals surface area contributed by atoms with Crippen LogP contribution in [0.5, 0.6) is 0 Å². The maximum Gasteiger partial charge on any atom is 0.338 e. The molecule has 42 heavy (non-hydrogen) atoms. The quantitative estimate of drug-likeness (QED) is 0.296. The molecule has 2 heterocycles. The molecule has 0 spiro atoms. The number of carbonyl (C=O) groups is 4. The Kier molecular flexibility index (Phi) is 8.35. The van der Waals surface area contributed by atoms with Crippen LogP contribution in [0.1, 0.15) is 37.4 Å². The summed E-state index contributed by atoms with van der Waals surface area (Å²) in [7, 11) is 3.34. The number of aryl methyl sites for hydroxylation is 1. The minimum absolute atomic E-state index is 0.0571. The normalized spacial score (nSPS) is 15.9. The van der Waals surface area contributed by atoms with E-state index in [2.05, 4.69) is 20.9 Å². The molecular weight excluding hydrogens is 534 g/mol. The van der Waals surface area contributed by atoms with Gasteiger partial charge in [-0.1, -0.05) is 30.3 Å². The molecule has 0 aliphatic carbocycles. The lowest BCUT2D eigenvalue weighted by Crippen LogP contribution is -2.50. The number of hydrogen-bond acceptors (Lipinski definition) is 7. The maximum absolute atomic E-state index is 13.3. The van der Waals surface area contributed by atoms with E-state index in [9.17, 15) is 19.2 Å². The van der Waals surface area contributed by atoms with Crippen LogP contribution >= 0.6 is 0 Å². The van der Waals surface area contributed by atoms with Gasteiger partial charge in [0, 0.05) is 43.0 Å². The minimum Gasteiger partial charge on any atom is -0.465 e. The van der Waals surface area contributed by atoms with Crippen molar-refractivity contribution < 1.29 is 23.9 Å². The van der Waals surface area contributed by atoms with E-state index in [1.165, 1.54) is 7.11 Å². The van der Waals surface area contributed by atoms with Crippen molar-refractivity contribution in [3.8, 4) is 0 Å². The number of amides is 3. The van der Waals surface area contributed by atoms with E-state index in [0.29, 0.717) is 58.0 Å². The monoisotopic (exact) mass is 567 g/mol. The first kappa shape index (κ1) is 28.6. The second-order valence-electron chi connectivity index (χ2n) is 10.3. The zero-order chi connectivity index (χ0) is 29.8. The maximum atomic E-state index is 13.3. The molecule has 0 radical (unpaired) electrons. The van der Waals surface area contributed by atoms with Gasteiger partial charge in [-0.2, -0.15) is 0 Å². The van der Waals surface area contributed by atoms with Crippen LogP contribution in [0.15, 0.2) is 66.7 Å². The average molecular weight is 568 g/mol. The molecule has 10 heteroatoms. The van der Waals surface area contributed by atoms with E-state index in [1.54, 1.807) is 48.2 Å². The molecule has 3 aromatic carbocycles. The van der Waals surface area contributed by atoms with Gasteiger partial charge in [-0.25, -0.2) is 4.79 Å². The smallest absolute Gasteiger partial charge is 0.338 e. The fourth-order valence-corrected chi connectivity index (χ4v) is 5.06. The van der Waals surface area contributed by atoms with Gasteiger partial charge in [0.05, 0.1) is 36.2 Å². The number of hydrogen-bond donors (Lipinski definition) is 3. The van der Waals surface area contributed by atoms with Crippen molar-refractivity contribution in [2.45, 2.75) is 6.92 Å². The first-order valence-electron chi connectivity index (χ1n) is 13.7. The van der Waals surface area contributed by atoms with Crippen LogP contribution in [0.2, 0.25) is 0 Å². The number of carbonyl (C=O) groups excluding carboxylic acids is 4. The van der Waals surface area contributed by atoms with Crippen LogP contribution in [0, 0.1) is 6.92 Å². The lowest BCUT2D eigenvalue weighted by atomic mass is 9.96. The van der Waals surface area contributed by atoms with Gasteiger partial charge in [0.2, 0.25) is 5.91 Å². The third-order valence-electron chi connectivity index (χ3n) is 7.50. The summed E-state index contributed by atoms with van der Waals surface area (Å²) in [6.45, 7) is 4.68. The molecule has 2 aliphatic heterocycles. The summed E-state index contributed by atoms with van der Waals surface area (Å²) in [6.07, 6.45) is 0. The number of benzene rings is 3. The third-order valence-corrected chi connectivity index (χ3v) is 7.50. The van der Waals surface area contributed by atoms with Crippen LogP contribution in [0.4, 0.5) is 11.4 Å². The van der Waals surface area contributed by atoms with Gasteiger partial charge in [-0.05, 0) is 61.5 Å². The Morgan fingerprint density at radius 2 is 1.62 bits per heavy atom. The third kappa shape index (κ3) is 6.03. The van der Waals surface area contributed by atoms with Gasteiger partial charge in [-0.3, -0.25) is 14.4 Å². The molecule has 3 N–H and O–H groups in total. The summed E-state index contributed by atoms with van der Waals surface area (Å²) in [4.78, 5) is 54.7. The van der Waals surface area contributed by atoms with Crippen LogP contribution < -0.4 is 16.0 Å². The van der Waals surface area contributed by atoms with Gasteiger partial charge in [0.1, 0.15) is 0 Å². The summed E-state index contributed by atoms with van der Waals surface area (Å²) >= 11 is 0. The van der Waals surface area contributed by atoms with E-state index in [1.807, 2.05) is 37.4 Å². The molecule has 3 aromatic rings. The number of likely N-dealkylation sites (N-methyl/N-ethyl adjacent to an activating group) is 1. The molecule has 2 aliphatic rings. The largest absolute Gasteiger partial charge is 0.465 e. The highest BCUT2D eigenvalue weighted by atomic mass is 16.5. The van der Waals surface area contributed by atoms with E-state index in [0.717, 1.165) is 18.7 Å². The Labute approximate surface area is 244 Å². The number of methoxy groups -OCH3 is 1. The molecule has 216 valence electrons. The SMILES string of the molecule is COC(=O)c1cc2c(cc1C)C(=C(Nc1ccc(C(=O)NCC(=O)N3CCN(C)CC3)cc1)c1ccccc1)C(=O)N2. The number of nitrogens with one attached hydrogen (secondary N) is 3. The summed E-state index contributed by atoms with van der Waals surface area (Å²) < 4.78 is 4.89. The summed E-state index contributed by atoms with van der Waals surface area (Å²) in [5.41, 5.74) is 5.12. The van der Waals surface area contributed by atoms with Gasteiger partial charge >= 0.3 is 5.97 Å². The topological polar surface area (TPSA) is 120 Å². The van der Waals surface area contributed by atoms with E-state index in [4.69, 9.17) is 4.74 Å². The first-order valence-corrected chi connectivity index (χ1v) is 13.7. The number of fused-ring (bicyclic) bond motifs is 1. The predicted molar refractivity (Wildman–Crippen MR) is 161 cm³/mol. The van der Waals surface area contributed by atoms with Crippen molar-refractivity contribution in [2.24, 2.45) is 0 Å². The Bertz CT molecular complexity index is 1560. The number of rotatable bonds is 7. The molecule has 5 rings (SSSR count). The number of nitrogens with zero attached hydrogens (tertiary/aromatic N) is 2. The van der Waals surface area contributed by atoms with Crippen molar-refractivity contribution in [3.05, 3.63) is 94.5 Å². The van der Waals surface area contributed by atoms with E-state index >= 15 is 0 Å². The van der Waals surface area contributed by atoms with Crippen molar-refractivity contribution >= 4 is 46.3 Å². The van der Waals surface area contributed by atoms with E-state index < -0.39 is 5.97 Å². The van der Waals surface area contributed by atoms with E-state index in [-0.39, 0.29) is 24.3 Å². The van der Waals surface area contributed by atoms with Crippen molar-refractivity contribution in [1.82, 2.24) is 15.1 Å². The molecule has 0 saturated carbocycles. The highest BCUT2D eigenvalue weighted by molar-refractivity contribution is 6.37. The molecule has 0 aromatic heterocycles. The molecule has 10 nitrogen and oxygen atoms in total. The molecule has 1 saturated heterocycles. The second-order valence-corrected chi connectivity index (χ2v) is 10.3. The van der Waals surface area contributed by atoms with Crippen LogP contribution in [0.3, 0.4) is 0 Å². The summed E-state index contributed by atoms with van der Waals surface area (Å²) in [5.74, 6) is -1.22. The van der Waals surface area contributed by atoms with Crippen LogP contribution in [0.25, 0.3) is 11.3 Å². The van der Waals surface area contributed by atoms with Crippen LogP contribution in [-0.4, -0.2) is 80.4 Å². The fourth-order valence-electron chi connectivity index (χ4n) is 5.06. The van der Waals surface area contributed by atoms with Crippen molar-refractivity contribution in [1.29, 1.82) is 0 Å². The van der Waals surface area contributed by atoms with Gasteiger partial charge in [0.25, 0.3) is 11.8 Å². The fraction of sp³-hybridized carbons (Fsp3) is 0.250. The lowest BCUT2D eigenvalue weighted by molar-refractivity contribution is -0.131. The lowest BCUT2D eigenvalue weighted by Gasteiger charge is -2.32. The molecule has 0 unspecified atom stereocenters. The Hall–Kier alpha value is -4.96. The Morgan fingerprint density at radius 1 is 0.929 bits per heavy atom. The highest BCUT2D eigenvalue weighted by Gasteiger charge is 2.30. The molecular formula is C32H33N5O5. The number of piperazine rings is 1. The zero-order valence-electron chi connectivity index (χ0n) is 23.8. The van der Waals surface area contributed by atoms with Gasteiger partial charge in [-0.15, -0.1) is 0 Å². The van der Waals surface area contributed by atoms with Crippen molar-refractivity contribution in [3.63, 3.8) is 0 Å². The summed E-state index contributed by atoms with van der Waals surface area (Å²) in [5, 5.41) is 8.96. The Morgan fingerprint density at radius 3 is 2.29 bits per heavy atom. The second kappa shape index (κ2) is 12.3.